The van der Waals surface area contributed by atoms with Crippen molar-refractivity contribution < 1.29 is 9.90 Å². The third-order valence-electron chi connectivity index (χ3n) is 2.76. The van der Waals surface area contributed by atoms with Crippen LogP contribution < -0.4 is 5.43 Å². The van der Waals surface area contributed by atoms with Gasteiger partial charge in [0.05, 0.1) is 11.9 Å². The molecule has 0 amide bonds. The lowest BCUT2D eigenvalue weighted by atomic mass is 10.2. The van der Waals surface area contributed by atoms with Crippen molar-refractivity contribution in [1.29, 1.82) is 0 Å². The van der Waals surface area contributed by atoms with Crippen LogP contribution in [0.25, 0.3) is 5.69 Å². The van der Waals surface area contributed by atoms with Gasteiger partial charge in [0, 0.05) is 18.8 Å². The Kier molecular flexibility index (Phi) is 3.20. The van der Waals surface area contributed by atoms with Crippen LogP contribution >= 0.6 is 0 Å². The molecule has 0 fully saturated rings. The summed E-state index contributed by atoms with van der Waals surface area (Å²) in [5, 5.41) is 17.1. The number of carbonyl (C=O) groups is 1. The van der Waals surface area contributed by atoms with Crippen molar-refractivity contribution in [2.45, 2.75) is 20.3 Å². The Morgan fingerprint density at radius 1 is 1.37 bits per heavy atom. The number of aromatic carboxylic acids is 1. The maximum Gasteiger partial charge on any atom is 0.360 e. The van der Waals surface area contributed by atoms with E-state index in [4.69, 9.17) is 5.11 Å². The molecule has 2 aromatic heterocycles. The van der Waals surface area contributed by atoms with Crippen LogP contribution in [-0.2, 0) is 13.5 Å². The Labute approximate surface area is 109 Å². The van der Waals surface area contributed by atoms with Crippen molar-refractivity contribution in [3.63, 3.8) is 0 Å². The SMILES string of the molecule is CCc1nn(C)cc1-n1cc(C)c(=O)c(C(=O)O)n1. The van der Waals surface area contributed by atoms with Crippen LogP contribution in [0.15, 0.2) is 17.2 Å². The van der Waals surface area contributed by atoms with Gasteiger partial charge in [-0.2, -0.15) is 10.2 Å². The first kappa shape index (κ1) is 13.0. The molecule has 0 aliphatic heterocycles. The van der Waals surface area contributed by atoms with Gasteiger partial charge in [0.25, 0.3) is 0 Å². The zero-order valence-electron chi connectivity index (χ0n) is 10.9. The third kappa shape index (κ3) is 2.26. The van der Waals surface area contributed by atoms with E-state index in [2.05, 4.69) is 10.2 Å². The topological polar surface area (TPSA) is 90.0 Å². The molecule has 2 rings (SSSR count). The molecule has 7 nitrogen and oxygen atoms in total. The fourth-order valence-corrected chi connectivity index (χ4v) is 1.84. The molecule has 0 aromatic carbocycles. The maximum atomic E-state index is 11.7. The third-order valence-corrected chi connectivity index (χ3v) is 2.76. The molecule has 2 heterocycles. The zero-order valence-corrected chi connectivity index (χ0v) is 10.9. The van der Waals surface area contributed by atoms with E-state index in [0.717, 1.165) is 5.69 Å². The summed E-state index contributed by atoms with van der Waals surface area (Å²) in [5.74, 6) is -1.33. The fourth-order valence-electron chi connectivity index (χ4n) is 1.84. The molecule has 0 spiro atoms. The maximum absolute atomic E-state index is 11.7. The minimum atomic E-state index is -1.33. The van der Waals surface area contributed by atoms with Crippen LogP contribution in [-0.4, -0.2) is 30.6 Å². The Morgan fingerprint density at radius 3 is 2.63 bits per heavy atom. The molecule has 0 saturated carbocycles. The second-order valence-corrected chi connectivity index (χ2v) is 4.23. The van der Waals surface area contributed by atoms with Crippen molar-refractivity contribution in [3.05, 3.63) is 39.6 Å². The van der Waals surface area contributed by atoms with Gasteiger partial charge in [-0.25, -0.2) is 9.48 Å². The summed E-state index contributed by atoms with van der Waals surface area (Å²) in [6, 6.07) is 0. The molecule has 1 N–H and O–H groups in total. The molecular formula is C12H14N4O3. The minimum absolute atomic E-state index is 0.332. The predicted octanol–water partition coefficient (Wildman–Crippen LogP) is 0.535. The highest BCUT2D eigenvalue weighted by Crippen LogP contribution is 2.12. The average molecular weight is 262 g/mol. The molecule has 0 aliphatic rings. The fraction of sp³-hybridized carbons (Fsp3) is 0.333. The number of carboxylic acids is 1. The summed E-state index contributed by atoms with van der Waals surface area (Å²) in [6.07, 6.45) is 3.94. The average Bonchev–Trinajstić information content (AvgIpc) is 2.73. The lowest BCUT2D eigenvalue weighted by Gasteiger charge is -2.06. The van der Waals surface area contributed by atoms with Gasteiger partial charge in [-0.3, -0.25) is 9.48 Å². The zero-order chi connectivity index (χ0) is 14.2. The number of hydrogen-bond donors (Lipinski definition) is 1. The molecule has 0 radical (unpaired) electrons. The van der Waals surface area contributed by atoms with E-state index in [1.54, 1.807) is 24.9 Å². The van der Waals surface area contributed by atoms with Crippen LogP contribution in [0.1, 0.15) is 28.7 Å². The summed E-state index contributed by atoms with van der Waals surface area (Å²) in [7, 11) is 1.77. The number of carboxylic acid groups (broad SMARTS) is 1. The largest absolute Gasteiger partial charge is 0.476 e. The summed E-state index contributed by atoms with van der Waals surface area (Å²) in [6.45, 7) is 3.51. The molecule has 0 aliphatic carbocycles. The summed E-state index contributed by atoms with van der Waals surface area (Å²) in [4.78, 5) is 22.7. The van der Waals surface area contributed by atoms with Crippen molar-refractivity contribution in [2.24, 2.45) is 7.05 Å². The number of hydrogen-bond acceptors (Lipinski definition) is 4. The van der Waals surface area contributed by atoms with Gasteiger partial charge in [0.2, 0.25) is 11.1 Å². The first-order valence-electron chi connectivity index (χ1n) is 5.80. The highest BCUT2D eigenvalue weighted by Gasteiger charge is 2.16. The van der Waals surface area contributed by atoms with Gasteiger partial charge in [-0.15, -0.1) is 0 Å². The van der Waals surface area contributed by atoms with Gasteiger partial charge in [0.15, 0.2) is 0 Å². The van der Waals surface area contributed by atoms with E-state index >= 15 is 0 Å². The minimum Gasteiger partial charge on any atom is -0.476 e. The van der Waals surface area contributed by atoms with E-state index in [1.165, 1.54) is 10.9 Å². The van der Waals surface area contributed by atoms with Crippen molar-refractivity contribution in [3.8, 4) is 5.69 Å². The molecule has 100 valence electrons. The number of rotatable bonds is 3. The van der Waals surface area contributed by atoms with E-state index in [-0.39, 0.29) is 0 Å². The van der Waals surface area contributed by atoms with Crippen LogP contribution in [0.4, 0.5) is 0 Å². The van der Waals surface area contributed by atoms with Gasteiger partial charge < -0.3 is 5.11 Å². The lowest BCUT2D eigenvalue weighted by Crippen LogP contribution is -2.23. The van der Waals surface area contributed by atoms with Gasteiger partial charge >= 0.3 is 5.97 Å². The molecular weight excluding hydrogens is 248 g/mol. The van der Waals surface area contributed by atoms with Crippen molar-refractivity contribution >= 4 is 5.97 Å². The summed E-state index contributed by atoms with van der Waals surface area (Å²) >= 11 is 0. The molecule has 2 aromatic rings. The number of nitrogens with zero attached hydrogens (tertiary/aromatic N) is 4. The number of aromatic nitrogens is 4. The Balaban J connectivity index is 2.69. The van der Waals surface area contributed by atoms with Crippen LogP contribution in [0, 0.1) is 6.92 Å². The van der Waals surface area contributed by atoms with Crippen LogP contribution in [0.3, 0.4) is 0 Å². The summed E-state index contributed by atoms with van der Waals surface area (Å²) < 4.78 is 3.02. The van der Waals surface area contributed by atoms with Crippen molar-refractivity contribution in [1.82, 2.24) is 19.6 Å². The van der Waals surface area contributed by atoms with E-state index in [9.17, 15) is 9.59 Å². The first-order valence-corrected chi connectivity index (χ1v) is 5.80. The van der Waals surface area contributed by atoms with E-state index < -0.39 is 17.1 Å². The molecule has 0 unspecified atom stereocenters. The molecule has 19 heavy (non-hydrogen) atoms. The monoisotopic (exact) mass is 262 g/mol. The predicted molar refractivity (Wildman–Crippen MR) is 67.7 cm³/mol. The Morgan fingerprint density at radius 2 is 2.05 bits per heavy atom. The lowest BCUT2D eigenvalue weighted by molar-refractivity contribution is 0.0686. The second kappa shape index (κ2) is 4.68. The highest BCUT2D eigenvalue weighted by molar-refractivity contribution is 5.85. The molecule has 0 saturated heterocycles. The standard InChI is InChI=1S/C12H14N4O3/c1-4-8-9(6-15(3)13-8)16-5-7(2)11(17)10(14-16)12(18)19/h5-6H,4H2,1-3H3,(H,18,19). The Hall–Kier alpha value is -2.44. The van der Waals surface area contributed by atoms with Crippen molar-refractivity contribution in [2.75, 3.05) is 0 Å². The van der Waals surface area contributed by atoms with Gasteiger partial charge in [-0.05, 0) is 13.3 Å². The van der Waals surface area contributed by atoms with E-state index in [1.807, 2.05) is 6.92 Å². The van der Waals surface area contributed by atoms with E-state index in [0.29, 0.717) is 17.7 Å². The molecule has 0 bridgehead atoms. The number of aryl methyl sites for hydroxylation is 3. The first-order chi connectivity index (χ1) is 8.93. The quantitative estimate of drug-likeness (QED) is 0.871. The highest BCUT2D eigenvalue weighted by atomic mass is 16.4. The summed E-state index contributed by atoms with van der Waals surface area (Å²) in [5.41, 5.74) is 0.750. The smallest absolute Gasteiger partial charge is 0.360 e. The Bertz CT molecular complexity index is 699. The van der Waals surface area contributed by atoms with Gasteiger partial charge in [-0.1, -0.05) is 6.92 Å². The normalized spacial score (nSPS) is 10.7. The van der Waals surface area contributed by atoms with Crippen LogP contribution in [0.2, 0.25) is 0 Å². The molecule has 0 atom stereocenters. The second-order valence-electron chi connectivity index (χ2n) is 4.23. The molecule has 7 heteroatoms. The van der Waals surface area contributed by atoms with Gasteiger partial charge in [0.1, 0.15) is 5.69 Å². The van der Waals surface area contributed by atoms with Crippen LogP contribution in [0.5, 0.6) is 0 Å².